The lowest BCUT2D eigenvalue weighted by molar-refractivity contribution is 0.109. The molecular weight excluding hydrogens is 125 g/mol. The number of hydrogen-bond acceptors (Lipinski definition) is 3. The average molecular weight is 135 g/mol. The summed E-state index contributed by atoms with van der Waals surface area (Å²) >= 11 is 0. The highest BCUT2D eigenvalue weighted by molar-refractivity contribution is 7.00. The van der Waals surface area contributed by atoms with E-state index in [1.807, 2.05) is 0 Å². The molecule has 1 rings (SSSR count). The van der Waals surface area contributed by atoms with Gasteiger partial charge in [0.05, 0.1) is 13.2 Å². The van der Waals surface area contributed by atoms with Gasteiger partial charge in [-0.25, -0.2) is 0 Å². The van der Waals surface area contributed by atoms with E-state index >= 15 is 0 Å². The maximum absolute atomic E-state index is 8.06. The minimum atomic E-state index is 0.889. The molecule has 3 nitrogen and oxygen atoms in total. The zero-order valence-electron chi connectivity index (χ0n) is 4.64. The maximum Gasteiger partial charge on any atom is 0.138 e. The van der Waals surface area contributed by atoms with Gasteiger partial charge in [-0.15, -0.1) is 0 Å². The molecule has 0 aliphatic carbocycles. The largest absolute Gasteiger partial charge is 0.379 e. The Bertz CT molecular complexity index is 37.8. The Morgan fingerprint density at radius 3 is 1.88 bits per heavy atom. The molecule has 0 aromatic carbocycles. The first kappa shape index (κ1) is 8.02. The van der Waals surface area contributed by atoms with Crippen molar-refractivity contribution in [2.24, 2.45) is 0 Å². The monoisotopic (exact) mass is 135 g/mol. The molecule has 0 spiro atoms. The van der Waals surface area contributed by atoms with Crippen LogP contribution < -0.4 is 5.32 Å². The smallest absolute Gasteiger partial charge is 0.138 e. The summed E-state index contributed by atoms with van der Waals surface area (Å²) in [6, 6.07) is 0. The molecule has 1 heterocycles. The molecule has 1 saturated heterocycles. The van der Waals surface area contributed by atoms with Crippen LogP contribution in [0.3, 0.4) is 0 Å². The van der Waals surface area contributed by atoms with Crippen LogP contribution in [0.1, 0.15) is 0 Å². The number of rotatable bonds is 0. The van der Waals surface area contributed by atoms with E-state index in [9.17, 15) is 0 Å². The lowest BCUT2D eigenvalue weighted by atomic mass is 10.5. The Kier molecular flexibility index (Phi) is 7.04. The summed E-state index contributed by atoms with van der Waals surface area (Å²) in [7, 11) is 1.72. The van der Waals surface area contributed by atoms with Gasteiger partial charge >= 0.3 is 0 Å². The van der Waals surface area contributed by atoms with Crippen molar-refractivity contribution in [1.29, 1.82) is 0 Å². The van der Waals surface area contributed by atoms with Crippen LogP contribution in [0.25, 0.3) is 0 Å². The van der Waals surface area contributed by atoms with Crippen LogP contribution in [0.2, 0.25) is 0 Å². The topological polar surface area (TPSA) is 38.3 Å². The third-order valence-corrected chi connectivity index (χ3v) is 0.846. The number of morpholine rings is 1. The zero-order valence-corrected chi connectivity index (χ0v) is 5.64. The SMILES string of the molecule is C1COCCN1.O=P. The Labute approximate surface area is 51.0 Å². The molecule has 0 radical (unpaired) electrons. The normalized spacial score (nSPS) is 18.5. The Morgan fingerprint density at radius 1 is 1.25 bits per heavy atom. The molecule has 0 amide bonds. The highest BCUT2D eigenvalue weighted by atomic mass is 31.0. The van der Waals surface area contributed by atoms with E-state index in [1.165, 1.54) is 0 Å². The number of hydrogen-bond donors (Lipinski definition) is 1. The highest BCUT2D eigenvalue weighted by Crippen LogP contribution is 1.76. The predicted molar refractivity (Wildman–Crippen MR) is 32.7 cm³/mol. The van der Waals surface area contributed by atoms with E-state index in [4.69, 9.17) is 9.30 Å². The highest BCUT2D eigenvalue weighted by Gasteiger charge is 1.92. The molecule has 1 aliphatic heterocycles. The molecule has 1 fully saturated rings. The first-order chi connectivity index (χ1) is 4.00. The molecule has 0 aromatic rings. The van der Waals surface area contributed by atoms with E-state index in [1.54, 1.807) is 9.12 Å². The van der Waals surface area contributed by atoms with Crippen molar-refractivity contribution in [3.63, 3.8) is 0 Å². The van der Waals surface area contributed by atoms with Crippen LogP contribution in [0.4, 0.5) is 0 Å². The maximum atomic E-state index is 8.06. The average Bonchev–Trinajstić information content (AvgIpc) is 1.96. The second kappa shape index (κ2) is 7.02. The van der Waals surface area contributed by atoms with Crippen molar-refractivity contribution in [1.82, 2.24) is 5.32 Å². The molecule has 1 aliphatic rings. The van der Waals surface area contributed by atoms with E-state index in [0.717, 1.165) is 26.3 Å². The summed E-state index contributed by atoms with van der Waals surface area (Å²) in [6.45, 7) is 3.83. The lowest BCUT2D eigenvalue weighted by Gasteiger charge is -2.10. The predicted octanol–water partition coefficient (Wildman–Crippen LogP) is 0.0809. The van der Waals surface area contributed by atoms with Gasteiger partial charge in [0.1, 0.15) is 9.12 Å². The van der Waals surface area contributed by atoms with Crippen molar-refractivity contribution in [3.05, 3.63) is 0 Å². The first-order valence-corrected chi connectivity index (χ1v) is 2.90. The number of nitrogens with one attached hydrogen (secondary N) is 1. The summed E-state index contributed by atoms with van der Waals surface area (Å²) in [4.78, 5) is 0. The van der Waals surface area contributed by atoms with Gasteiger partial charge in [0.15, 0.2) is 0 Å². The second-order valence-corrected chi connectivity index (χ2v) is 1.36. The van der Waals surface area contributed by atoms with Crippen molar-refractivity contribution in [2.75, 3.05) is 26.3 Å². The standard InChI is InChI=1S/C4H9NO.HOP/c1-3-6-4-2-5-1;1-2/h5H,1-4H2;2H. The van der Waals surface area contributed by atoms with Crippen molar-refractivity contribution >= 4 is 9.12 Å². The van der Waals surface area contributed by atoms with Crippen LogP contribution in [-0.2, 0) is 9.30 Å². The van der Waals surface area contributed by atoms with Gasteiger partial charge in [-0.3, -0.25) is 4.57 Å². The fraction of sp³-hybridized carbons (Fsp3) is 1.00. The summed E-state index contributed by atoms with van der Waals surface area (Å²) in [6.07, 6.45) is 0. The summed E-state index contributed by atoms with van der Waals surface area (Å²) in [5.41, 5.74) is 0. The lowest BCUT2D eigenvalue weighted by Crippen LogP contribution is -2.30. The van der Waals surface area contributed by atoms with Gasteiger partial charge in [0.2, 0.25) is 0 Å². The first-order valence-electron chi connectivity index (χ1n) is 2.49. The van der Waals surface area contributed by atoms with Crippen LogP contribution in [0.15, 0.2) is 0 Å². The fourth-order valence-electron chi connectivity index (χ4n) is 0.516. The van der Waals surface area contributed by atoms with Gasteiger partial charge in [-0.2, -0.15) is 0 Å². The quantitative estimate of drug-likeness (QED) is 0.478. The summed E-state index contributed by atoms with van der Waals surface area (Å²) in [5.74, 6) is 0. The summed E-state index contributed by atoms with van der Waals surface area (Å²) < 4.78 is 13.1. The Balaban J connectivity index is 0.000000222. The molecule has 8 heavy (non-hydrogen) atoms. The van der Waals surface area contributed by atoms with Crippen LogP contribution in [-0.4, -0.2) is 26.3 Å². The molecule has 4 heteroatoms. The zero-order chi connectivity index (χ0) is 6.24. The van der Waals surface area contributed by atoms with Gasteiger partial charge in [0.25, 0.3) is 0 Å². The Hall–Kier alpha value is 0.0200. The summed E-state index contributed by atoms with van der Waals surface area (Å²) in [5, 5.41) is 3.16. The van der Waals surface area contributed by atoms with E-state index in [-0.39, 0.29) is 0 Å². The van der Waals surface area contributed by atoms with Gasteiger partial charge in [-0.05, 0) is 0 Å². The van der Waals surface area contributed by atoms with Crippen LogP contribution in [0.5, 0.6) is 0 Å². The van der Waals surface area contributed by atoms with Gasteiger partial charge < -0.3 is 10.1 Å². The third-order valence-electron chi connectivity index (χ3n) is 0.846. The molecule has 0 unspecified atom stereocenters. The van der Waals surface area contributed by atoms with Gasteiger partial charge in [-0.1, -0.05) is 0 Å². The van der Waals surface area contributed by atoms with E-state index < -0.39 is 0 Å². The van der Waals surface area contributed by atoms with Crippen molar-refractivity contribution in [3.8, 4) is 0 Å². The Morgan fingerprint density at radius 2 is 1.75 bits per heavy atom. The van der Waals surface area contributed by atoms with Crippen LogP contribution >= 0.6 is 9.12 Å². The molecular formula is C4H10NO2P. The third kappa shape index (κ3) is 4.19. The van der Waals surface area contributed by atoms with Crippen LogP contribution in [0, 0.1) is 0 Å². The van der Waals surface area contributed by atoms with E-state index in [2.05, 4.69) is 5.32 Å². The van der Waals surface area contributed by atoms with Gasteiger partial charge in [0, 0.05) is 13.1 Å². The minimum Gasteiger partial charge on any atom is -0.379 e. The fourth-order valence-corrected chi connectivity index (χ4v) is 0.516. The molecule has 0 atom stereocenters. The molecule has 1 N–H and O–H groups in total. The second-order valence-electron chi connectivity index (χ2n) is 1.36. The van der Waals surface area contributed by atoms with E-state index in [0.29, 0.717) is 0 Å². The van der Waals surface area contributed by atoms with Crippen molar-refractivity contribution in [2.45, 2.75) is 0 Å². The molecule has 0 aromatic heterocycles. The molecule has 0 saturated carbocycles. The number of ether oxygens (including phenoxy) is 1. The minimum absolute atomic E-state index is 0.889. The molecule has 48 valence electrons. The molecule has 0 bridgehead atoms. The van der Waals surface area contributed by atoms with Crippen molar-refractivity contribution < 1.29 is 9.30 Å².